The number of rotatable bonds is 5. The van der Waals surface area contributed by atoms with E-state index in [0.29, 0.717) is 26.3 Å². The average molecular weight is 413 g/mol. The summed E-state index contributed by atoms with van der Waals surface area (Å²) in [5.41, 5.74) is 0.318. The number of amides is 2. The number of benzene rings is 1. The molecule has 2 N–H and O–H groups in total. The van der Waals surface area contributed by atoms with Crippen molar-refractivity contribution in [1.29, 1.82) is 0 Å². The van der Waals surface area contributed by atoms with E-state index in [-0.39, 0.29) is 30.8 Å². The SMILES string of the molecule is O=C(CCN1C(=O)/C(=C/c2ccccc2F)SC1=S)N[C@H]1CSC[C@@H]1O. The van der Waals surface area contributed by atoms with Gasteiger partial charge >= 0.3 is 0 Å². The van der Waals surface area contributed by atoms with E-state index >= 15 is 0 Å². The highest BCUT2D eigenvalue weighted by atomic mass is 32.2. The zero-order valence-corrected chi connectivity index (χ0v) is 16.1. The lowest BCUT2D eigenvalue weighted by atomic mass is 10.2. The Labute approximate surface area is 164 Å². The minimum atomic E-state index is -0.538. The Bertz CT molecular complexity index is 771. The Morgan fingerprint density at radius 2 is 2.19 bits per heavy atom. The molecule has 138 valence electrons. The van der Waals surface area contributed by atoms with E-state index in [1.165, 1.54) is 17.0 Å². The summed E-state index contributed by atoms with van der Waals surface area (Å²) in [7, 11) is 0. The lowest BCUT2D eigenvalue weighted by Gasteiger charge is -2.18. The van der Waals surface area contributed by atoms with Crippen molar-refractivity contribution in [1.82, 2.24) is 10.2 Å². The predicted molar refractivity (Wildman–Crippen MR) is 106 cm³/mol. The van der Waals surface area contributed by atoms with Crippen molar-refractivity contribution >= 4 is 58.0 Å². The second-order valence-corrected chi connectivity index (χ2v) is 8.63. The summed E-state index contributed by atoms with van der Waals surface area (Å²) in [6.07, 6.45) is 1.03. The second-order valence-electron chi connectivity index (χ2n) is 5.88. The minimum absolute atomic E-state index is 0.0906. The zero-order valence-electron chi connectivity index (χ0n) is 13.7. The van der Waals surface area contributed by atoms with E-state index in [0.717, 1.165) is 11.8 Å². The fraction of sp³-hybridized carbons (Fsp3) is 0.353. The minimum Gasteiger partial charge on any atom is -0.390 e. The molecule has 2 amide bonds. The van der Waals surface area contributed by atoms with E-state index in [2.05, 4.69) is 5.32 Å². The maximum Gasteiger partial charge on any atom is 0.266 e. The third-order valence-electron chi connectivity index (χ3n) is 4.02. The van der Waals surface area contributed by atoms with Crippen LogP contribution in [0.25, 0.3) is 6.08 Å². The number of hydrogen-bond acceptors (Lipinski definition) is 6. The first-order valence-electron chi connectivity index (χ1n) is 8.01. The zero-order chi connectivity index (χ0) is 18.7. The lowest BCUT2D eigenvalue weighted by Crippen LogP contribution is -2.43. The van der Waals surface area contributed by atoms with E-state index in [1.807, 2.05) is 0 Å². The van der Waals surface area contributed by atoms with Crippen LogP contribution in [0, 0.1) is 5.82 Å². The van der Waals surface area contributed by atoms with Crippen LogP contribution in [-0.2, 0) is 9.59 Å². The van der Waals surface area contributed by atoms with Crippen LogP contribution in [0.5, 0.6) is 0 Å². The van der Waals surface area contributed by atoms with Gasteiger partial charge in [0.2, 0.25) is 5.91 Å². The molecule has 9 heteroatoms. The summed E-state index contributed by atoms with van der Waals surface area (Å²) in [5.74, 6) is 0.321. The predicted octanol–water partition coefficient (Wildman–Crippen LogP) is 2.01. The van der Waals surface area contributed by atoms with Crippen LogP contribution < -0.4 is 5.32 Å². The number of nitrogens with one attached hydrogen (secondary N) is 1. The van der Waals surface area contributed by atoms with Gasteiger partial charge in [0.25, 0.3) is 5.91 Å². The van der Waals surface area contributed by atoms with Crippen LogP contribution in [-0.4, -0.2) is 56.3 Å². The number of aliphatic hydroxyl groups excluding tert-OH is 1. The normalized spacial score (nSPS) is 24.5. The quantitative estimate of drug-likeness (QED) is 0.570. The van der Waals surface area contributed by atoms with Crippen LogP contribution >= 0.6 is 35.7 Å². The van der Waals surface area contributed by atoms with Gasteiger partial charge < -0.3 is 10.4 Å². The molecule has 0 radical (unpaired) electrons. The highest BCUT2D eigenvalue weighted by Gasteiger charge is 2.33. The van der Waals surface area contributed by atoms with Gasteiger partial charge in [0.15, 0.2) is 0 Å². The molecule has 0 spiro atoms. The van der Waals surface area contributed by atoms with Gasteiger partial charge in [-0.3, -0.25) is 14.5 Å². The number of nitrogens with zero attached hydrogens (tertiary/aromatic N) is 1. The van der Waals surface area contributed by atoms with Crippen molar-refractivity contribution in [2.75, 3.05) is 18.1 Å². The van der Waals surface area contributed by atoms with E-state index in [9.17, 15) is 19.1 Å². The molecule has 2 atom stereocenters. The molecular formula is C17H17FN2O3S3. The molecular weight excluding hydrogens is 395 g/mol. The first-order valence-corrected chi connectivity index (χ1v) is 10.4. The molecule has 2 aliphatic rings. The standard InChI is InChI=1S/C17H17FN2O3S3/c18-11-4-2-1-3-10(11)7-14-16(23)20(17(24)26-14)6-5-15(22)19-12-8-25-9-13(12)21/h1-4,7,12-13,21H,5-6,8-9H2,(H,19,22)/b14-7-/t12-,13-/m0/s1. The number of thiocarbonyl (C=S) groups is 1. The number of halogens is 1. The summed E-state index contributed by atoms with van der Waals surface area (Å²) in [5, 5.41) is 12.5. The van der Waals surface area contributed by atoms with Gasteiger partial charge in [0.05, 0.1) is 17.1 Å². The van der Waals surface area contributed by atoms with Gasteiger partial charge in [-0.15, -0.1) is 0 Å². The summed E-state index contributed by atoms with van der Waals surface area (Å²) in [6, 6.07) is 5.93. The van der Waals surface area contributed by atoms with Gasteiger partial charge in [-0.05, 0) is 12.1 Å². The molecule has 0 aliphatic carbocycles. The Hall–Kier alpha value is -1.42. The fourth-order valence-corrected chi connectivity index (χ4v) is 5.07. The van der Waals surface area contributed by atoms with Gasteiger partial charge in [0.1, 0.15) is 10.1 Å². The number of thioether (sulfide) groups is 2. The summed E-state index contributed by atoms with van der Waals surface area (Å²) < 4.78 is 14.1. The van der Waals surface area contributed by atoms with E-state index < -0.39 is 11.9 Å². The van der Waals surface area contributed by atoms with Crippen LogP contribution in [0.4, 0.5) is 4.39 Å². The summed E-state index contributed by atoms with van der Waals surface area (Å²) in [4.78, 5) is 26.2. The maximum atomic E-state index is 13.8. The van der Waals surface area contributed by atoms with Crippen molar-refractivity contribution in [3.8, 4) is 0 Å². The Kier molecular flexibility index (Phi) is 6.33. The Morgan fingerprint density at radius 3 is 2.88 bits per heavy atom. The van der Waals surface area contributed by atoms with Gasteiger partial charge in [-0.2, -0.15) is 11.8 Å². The fourth-order valence-electron chi connectivity index (χ4n) is 2.60. The topological polar surface area (TPSA) is 69.6 Å². The molecule has 0 unspecified atom stereocenters. The number of aliphatic hydroxyl groups is 1. The van der Waals surface area contributed by atoms with Crippen LogP contribution in [0.15, 0.2) is 29.2 Å². The molecule has 0 aromatic heterocycles. The van der Waals surface area contributed by atoms with E-state index in [1.54, 1.807) is 30.0 Å². The Balaban J connectivity index is 1.59. The smallest absolute Gasteiger partial charge is 0.266 e. The van der Waals surface area contributed by atoms with Crippen LogP contribution in [0.1, 0.15) is 12.0 Å². The summed E-state index contributed by atoms with van der Waals surface area (Å²) >= 11 is 7.90. The third-order valence-corrected chi connectivity index (χ3v) is 6.57. The monoisotopic (exact) mass is 412 g/mol. The molecule has 0 saturated carbocycles. The molecule has 1 aromatic carbocycles. The van der Waals surface area contributed by atoms with Crippen molar-refractivity contribution in [2.24, 2.45) is 0 Å². The third kappa shape index (κ3) is 4.46. The Morgan fingerprint density at radius 1 is 1.42 bits per heavy atom. The number of hydrogen-bond donors (Lipinski definition) is 2. The van der Waals surface area contributed by atoms with Crippen LogP contribution in [0.3, 0.4) is 0 Å². The van der Waals surface area contributed by atoms with Gasteiger partial charge in [-0.1, -0.05) is 42.2 Å². The first-order chi connectivity index (χ1) is 12.5. The number of carbonyl (C=O) groups excluding carboxylic acids is 2. The maximum absolute atomic E-state index is 13.8. The average Bonchev–Trinajstić information content (AvgIpc) is 3.12. The lowest BCUT2D eigenvalue weighted by molar-refractivity contribution is -0.124. The largest absolute Gasteiger partial charge is 0.390 e. The highest BCUT2D eigenvalue weighted by molar-refractivity contribution is 8.26. The molecule has 2 heterocycles. The van der Waals surface area contributed by atoms with E-state index in [4.69, 9.17) is 12.2 Å². The molecule has 2 fully saturated rings. The van der Waals surface area contributed by atoms with Crippen molar-refractivity contribution < 1.29 is 19.1 Å². The molecule has 1 aromatic rings. The first kappa shape index (κ1) is 19.3. The molecule has 3 rings (SSSR count). The van der Waals surface area contributed by atoms with Crippen molar-refractivity contribution in [3.63, 3.8) is 0 Å². The number of carbonyl (C=O) groups is 2. The van der Waals surface area contributed by atoms with Gasteiger partial charge in [-0.25, -0.2) is 4.39 Å². The molecule has 0 bridgehead atoms. The molecule has 2 aliphatic heterocycles. The van der Waals surface area contributed by atoms with Crippen molar-refractivity contribution in [3.05, 3.63) is 40.6 Å². The highest BCUT2D eigenvalue weighted by Crippen LogP contribution is 2.33. The van der Waals surface area contributed by atoms with Crippen molar-refractivity contribution in [2.45, 2.75) is 18.6 Å². The molecule has 2 saturated heterocycles. The molecule has 26 heavy (non-hydrogen) atoms. The molecule has 5 nitrogen and oxygen atoms in total. The van der Waals surface area contributed by atoms with Crippen LogP contribution in [0.2, 0.25) is 0 Å². The van der Waals surface area contributed by atoms with Gasteiger partial charge in [0, 0.05) is 30.0 Å². The summed E-state index contributed by atoms with van der Waals surface area (Å²) in [6.45, 7) is 0.154. The second kappa shape index (κ2) is 8.51.